The second-order valence-corrected chi connectivity index (χ2v) is 9.19. The maximum atomic E-state index is 14.8. The lowest BCUT2D eigenvalue weighted by molar-refractivity contribution is 0.133. The molecule has 2 fully saturated rings. The van der Waals surface area contributed by atoms with Crippen LogP contribution in [0.4, 0.5) is 13.2 Å². The van der Waals surface area contributed by atoms with E-state index < -0.39 is 17.5 Å². The third-order valence-electron chi connectivity index (χ3n) is 7.14. The van der Waals surface area contributed by atoms with Crippen molar-refractivity contribution < 1.29 is 17.9 Å². The van der Waals surface area contributed by atoms with Gasteiger partial charge in [-0.3, -0.25) is 0 Å². The number of hydrogen-bond donors (Lipinski definition) is 0. The molecule has 4 heteroatoms. The summed E-state index contributed by atoms with van der Waals surface area (Å²) in [7, 11) is 0. The molecule has 2 aliphatic carbocycles. The van der Waals surface area contributed by atoms with Crippen molar-refractivity contribution in [3.63, 3.8) is 0 Å². The molecular formula is C29H29F3O. The van der Waals surface area contributed by atoms with E-state index in [1.165, 1.54) is 43.2 Å². The first-order valence-corrected chi connectivity index (χ1v) is 11.6. The van der Waals surface area contributed by atoms with Crippen molar-refractivity contribution in [1.29, 1.82) is 0 Å². The number of fused-ring (bicyclic) bond motifs is 1. The van der Waals surface area contributed by atoms with Crippen molar-refractivity contribution in [3.05, 3.63) is 89.8 Å². The van der Waals surface area contributed by atoms with E-state index >= 15 is 0 Å². The van der Waals surface area contributed by atoms with Crippen molar-refractivity contribution in [2.24, 2.45) is 17.8 Å². The molecule has 2 saturated carbocycles. The van der Waals surface area contributed by atoms with E-state index in [9.17, 15) is 13.2 Å². The molecule has 2 aromatic rings. The van der Waals surface area contributed by atoms with Crippen LogP contribution in [0, 0.1) is 47.0 Å². The molecule has 0 saturated heterocycles. The Morgan fingerprint density at radius 2 is 1.61 bits per heavy atom. The minimum absolute atomic E-state index is 0.0786. The first kappa shape index (κ1) is 23.2. The Labute approximate surface area is 194 Å². The Bertz CT molecular complexity index is 1070. The zero-order valence-corrected chi connectivity index (χ0v) is 18.8. The lowest BCUT2D eigenvalue weighted by Crippen LogP contribution is -2.30. The molecule has 0 amide bonds. The Morgan fingerprint density at radius 1 is 0.879 bits per heavy atom. The van der Waals surface area contributed by atoms with E-state index in [2.05, 4.69) is 31.1 Å². The van der Waals surface area contributed by atoms with Crippen LogP contribution < -0.4 is 4.74 Å². The summed E-state index contributed by atoms with van der Waals surface area (Å²) in [6, 6.07) is 7.05. The SMILES string of the molecule is C=CCOc1ccc(C#Cc2c(F)cc(C3CCC4CC(C=C)CCC4C3)cc2F)cc1F. The molecule has 4 unspecified atom stereocenters. The van der Waals surface area contributed by atoms with Crippen LogP contribution in [0.25, 0.3) is 0 Å². The summed E-state index contributed by atoms with van der Waals surface area (Å²) < 4.78 is 48.9. The summed E-state index contributed by atoms with van der Waals surface area (Å²) in [4.78, 5) is 0. The summed E-state index contributed by atoms with van der Waals surface area (Å²) in [5.41, 5.74) is 0.746. The van der Waals surface area contributed by atoms with Gasteiger partial charge >= 0.3 is 0 Å². The molecule has 33 heavy (non-hydrogen) atoms. The number of hydrogen-bond acceptors (Lipinski definition) is 1. The van der Waals surface area contributed by atoms with Gasteiger partial charge in [-0.05, 0) is 98.1 Å². The van der Waals surface area contributed by atoms with Crippen LogP contribution in [0.1, 0.15) is 61.1 Å². The highest BCUT2D eigenvalue weighted by atomic mass is 19.1. The van der Waals surface area contributed by atoms with Crippen LogP contribution in [-0.4, -0.2) is 6.61 Å². The first-order chi connectivity index (χ1) is 16.0. The van der Waals surface area contributed by atoms with E-state index in [0.29, 0.717) is 23.3 Å². The molecule has 4 atom stereocenters. The van der Waals surface area contributed by atoms with Crippen molar-refractivity contribution in [3.8, 4) is 17.6 Å². The van der Waals surface area contributed by atoms with Gasteiger partial charge in [0.15, 0.2) is 11.6 Å². The number of benzene rings is 2. The molecule has 2 aromatic carbocycles. The molecule has 0 aromatic heterocycles. The van der Waals surface area contributed by atoms with Crippen molar-refractivity contribution in [2.75, 3.05) is 6.61 Å². The predicted octanol–water partition coefficient (Wildman–Crippen LogP) is 7.55. The molecule has 172 valence electrons. The Hall–Kier alpha value is -2.93. The summed E-state index contributed by atoms with van der Waals surface area (Å²) in [5.74, 6) is 5.47. The first-order valence-electron chi connectivity index (χ1n) is 11.6. The Morgan fingerprint density at radius 3 is 2.30 bits per heavy atom. The summed E-state index contributed by atoms with van der Waals surface area (Å²) >= 11 is 0. The quantitative estimate of drug-likeness (QED) is 0.337. The van der Waals surface area contributed by atoms with Gasteiger partial charge < -0.3 is 4.74 Å². The highest BCUT2D eigenvalue weighted by Gasteiger charge is 2.35. The lowest BCUT2D eigenvalue weighted by atomic mass is 9.64. The van der Waals surface area contributed by atoms with E-state index in [1.807, 2.05) is 0 Å². The van der Waals surface area contributed by atoms with Crippen molar-refractivity contribution in [1.82, 2.24) is 0 Å². The van der Waals surface area contributed by atoms with E-state index in [-0.39, 0.29) is 23.8 Å². The van der Waals surface area contributed by atoms with Crippen LogP contribution >= 0.6 is 0 Å². The van der Waals surface area contributed by atoms with Crippen LogP contribution in [0.15, 0.2) is 55.6 Å². The summed E-state index contributed by atoms with van der Waals surface area (Å²) in [5, 5.41) is 0. The smallest absolute Gasteiger partial charge is 0.166 e. The average molecular weight is 451 g/mol. The largest absolute Gasteiger partial charge is 0.486 e. The number of halogens is 3. The van der Waals surface area contributed by atoms with Crippen molar-refractivity contribution >= 4 is 0 Å². The molecular weight excluding hydrogens is 421 g/mol. The van der Waals surface area contributed by atoms with E-state index in [4.69, 9.17) is 4.74 Å². The van der Waals surface area contributed by atoms with Gasteiger partial charge in [0.25, 0.3) is 0 Å². The topological polar surface area (TPSA) is 9.23 Å². The van der Waals surface area contributed by atoms with Gasteiger partial charge in [0.05, 0.1) is 5.56 Å². The van der Waals surface area contributed by atoms with Gasteiger partial charge in [-0.15, -0.1) is 6.58 Å². The zero-order valence-electron chi connectivity index (χ0n) is 18.8. The van der Waals surface area contributed by atoms with E-state index in [0.717, 1.165) is 31.2 Å². The van der Waals surface area contributed by atoms with Gasteiger partial charge in [0, 0.05) is 5.56 Å². The van der Waals surface area contributed by atoms with Crippen molar-refractivity contribution in [2.45, 2.75) is 44.4 Å². The molecule has 0 N–H and O–H groups in total. The molecule has 0 radical (unpaired) electrons. The van der Waals surface area contributed by atoms with Crippen LogP contribution in [0.2, 0.25) is 0 Å². The monoisotopic (exact) mass is 450 g/mol. The maximum absolute atomic E-state index is 14.8. The molecule has 0 aliphatic heterocycles. The normalized spacial score (nSPS) is 24.2. The number of ether oxygens (including phenoxy) is 1. The van der Waals surface area contributed by atoms with Gasteiger partial charge in [0.1, 0.15) is 18.2 Å². The van der Waals surface area contributed by atoms with Crippen LogP contribution in [0.5, 0.6) is 5.75 Å². The lowest BCUT2D eigenvalue weighted by Gasteiger charge is -2.41. The third-order valence-corrected chi connectivity index (χ3v) is 7.14. The predicted molar refractivity (Wildman–Crippen MR) is 126 cm³/mol. The fourth-order valence-corrected chi connectivity index (χ4v) is 5.37. The second kappa shape index (κ2) is 10.3. The minimum Gasteiger partial charge on any atom is -0.486 e. The third kappa shape index (κ3) is 5.36. The van der Waals surface area contributed by atoms with Gasteiger partial charge in [-0.1, -0.05) is 30.6 Å². The van der Waals surface area contributed by atoms with Crippen LogP contribution in [0.3, 0.4) is 0 Å². The fourth-order valence-electron chi connectivity index (χ4n) is 5.37. The molecule has 0 heterocycles. The van der Waals surface area contributed by atoms with Crippen LogP contribution in [-0.2, 0) is 0 Å². The number of allylic oxidation sites excluding steroid dienone is 1. The highest BCUT2D eigenvalue weighted by Crippen LogP contribution is 2.48. The average Bonchev–Trinajstić information content (AvgIpc) is 2.82. The molecule has 4 rings (SSSR count). The van der Waals surface area contributed by atoms with E-state index in [1.54, 1.807) is 6.07 Å². The standard InChI is InChI=1S/C29H29F3O/c1-3-13-33-29-12-7-20(15-28(29)32)6-11-25-26(30)17-24(18-27(25)31)23-10-9-21-14-19(4-2)5-8-22(21)16-23/h3-4,7,12,15,17-19,21-23H,1-2,5,8-10,13-14,16H2. The minimum atomic E-state index is -0.665. The highest BCUT2D eigenvalue weighted by molar-refractivity contribution is 5.47. The second-order valence-electron chi connectivity index (χ2n) is 9.19. The fraction of sp³-hybridized carbons (Fsp3) is 0.379. The summed E-state index contributed by atoms with van der Waals surface area (Å²) in [6.45, 7) is 7.64. The Balaban J connectivity index is 1.48. The van der Waals surface area contributed by atoms with Gasteiger partial charge in [-0.2, -0.15) is 0 Å². The molecule has 2 aliphatic rings. The van der Waals surface area contributed by atoms with Gasteiger partial charge in [-0.25, -0.2) is 13.2 Å². The molecule has 1 nitrogen and oxygen atoms in total. The molecule has 0 spiro atoms. The number of rotatable bonds is 5. The summed E-state index contributed by atoms with van der Waals surface area (Å²) in [6.07, 6.45) is 10.2. The van der Waals surface area contributed by atoms with Gasteiger partial charge in [0.2, 0.25) is 0 Å². The molecule has 0 bridgehead atoms. The zero-order chi connectivity index (χ0) is 23.4. The Kier molecular flexibility index (Phi) is 7.28. The maximum Gasteiger partial charge on any atom is 0.166 e.